The van der Waals surface area contributed by atoms with Gasteiger partial charge >= 0.3 is 12.1 Å². The van der Waals surface area contributed by atoms with Crippen LogP contribution in [0.3, 0.4) is 0 Å². The Morgan fingerprint density at radius 2 is 0.750 bits per heavy atom. The van der Waals surface area contributed by atoms with Crippen LogP contribution in [0.15, 0.2) is 212 Å². The number of benzene rings is 7. The van der Waals surface area contributed by atoms with Gasteiger partial charge in [-0.25, -0.2) is 4.79 Å². The summed E-state index contributed by atoms with van der Waals surface area (Å²) in [5.41, 5.74) is 5.63. The molecule has 88 heavy (non-hydrogen) atoms. The molecule has 1 amide bonds. The fourth-order valence-electron chi connectivity index (χ4n) is 10.3. The molecule has 0 spiro atoms. The maximum Gasteiger partial charge on any atom is 0.407 e. The number of amides is 1. The van der Waals surface area contributed by atoms with Crippen molar-refractivity contribution in [3.8, 4) is 0 Å². The molecular formula is C73H85NO14. The first-order chi connectivity index (χ1) is 43.1. The summed E-state index contributed by atoms with van der Waals surface area (Å²) in [5.74, 6) is -0.489. The van der Waals surface area contributed by atoms with E-state index in [9.17, 15) is 9.59 Å². The molecule has 1 N–H and O–H groups in total. The molecule has 7 aromatic carbocycles. The van der Waals surface area contributed by atoms with Crippen molar-refractivity contribution in [2.24, 2.45) is 5.41 Å². The van der Waals surface area contributed by atoms with Gasteiger partial charge in [0.1, 0.15) is 49.3 Å². The van der Waals surface area contributed by atoms with Gasteiger partial charge in [-0.15, -0.1) is 0 Å². The zero-order valence-electron chi connectivity index (χ0n) is 50.8. The first-order valence-corrected chi connectivity index (χ1v) is 30.7. The molecule has 9 rings (SSSR count). The fourth-order valence-corrected chi connectivity index (χ4v) is 10.3. The quantitative estimate of drug-likeness (QED) is 0.0306. The maximum absolute atomic E-state index is 14.4. The van der Waals surface area contributed by atoms with Gasteiger partial charge in [0, 0.05) is 13.2 Å². The lowest BCUT2D eigenvalue weighted by atomic mass is 9.94. The second-order valence-electron chi connectivity index (χ2n) is 23.1. The largest absolute Gasteiger partial charge is 0.454 e. The Balaban J connectivity index is 1.04. The van der Waals surface area contributed by atoms with Gasteiger partial charge < -0.3 is 62.2 Å². The first kappa shape index (κ1) is 65.3. The van der Waals surface area contributed by atoms with E-state index in [0.29, 0.717) is 19.6 Å². The molecule has 0 aliphatic carbocycles. The third-order valence-electron chi connectivity index (χ3n) is 15.1. The van der Waals surface area contributed by atoms with E-state index in [-0.39, 0.29) is 59.5 Å². The number of alkyl carbamates (subject to hydrolysis) is 1. The van der Waals surface area contributed by atoms with Gasteiger partial charge in [0.2, 0.25) is 0 Å². The summed E-state index contributed by atoms with van der Waals surface area (Å²) in [4.78, 5) is 26.9. The van der Waals surface area contributed by atoms with E-state index in [1.165, 1.54) is 0 Å². The molecule has 0 radical (unpaired) electrons. The summed E-state index contributed by atoms with van der Waals surface area (Å²) in [6.07, 6.45) is -7.36. The van der Waals surface area contributed by atoms with Crippen LogP contribution < -0.4 is 5.32 Å². The average molecular weight is 1200 g/mol. The van der Waals surface area contributed by atoms with Crippen molar-refractivity contribution in [3.63, 3.8) is 0 Å². The summed E-state index contributed by atoms with van der Waals surface area (Å²) in [5, 5.41) is 2.85. The third kappa shape index (κ3) is 21.0. The number of unbranched alkanes of at least 4 members (excludes halogenated alkanes) is 3. The first-order valence-electron chi connectivity index (χ1n) is 30.7. The number of hydrogen-bond acceptors (Lipinski definition) is 14. The highest BCUT2D eigenvalue weighted by Gasteiger charge is 2.56. The minimum absolute atomic E-state index is 0.00790. The zero-order valence-corrected chi connectivity index (χ0v) is 50.8. The average Bonchev–Trinajstić information content (AvgIpc) is 2.05. The van der Waals surface area contributed by atoms with Crippen LogP contribution in [0, 0.1) is 5.41 Å². The van der Waals surface area contributed by atoms with Crippen molar-refractivity contribution >= 4 is 12.1 Å². The van der Waals surface area contributed by atoms with Crippen LogP contribution >= 0.6 is 0 Å². The molecule has 2 fully saturated rings. The van der Waals surface area contributed by atoms with Crippen LogP contribution in [0.5, 0.6) is 0 Å². The summed E-state index contributed by atoms with van der Waals surface area (Å²) < 4.78 is 82.3. The molecular weight excluding hydrogens is 1110 g/mol. The lowest BCUT2D eigenvalue weighted by Gasteiger charge is -2.50. The van der Waals surface area contributed by atoms with Crippen molar-refractivity contribution in [2.45, 2.75) is 154 Å². The molecule has 2 aliphatic heterocycles. The van der Waals surface area contributed by atoms with Crippen molar-refractivity contribution in [1.82, 2.24) is 5.32 Å². The van der Waals surface area contributed by atoms with Crippen molar-refractivity contribution in [3.05, 3.63) is 251 Å². The molecule has 15 nitrogen and oxygen atoms in total. The lowest BCUT2D eigenvalue weighted by Crippen LogP contribution is -2.66. The normalized spacial score (nSPS) is 21.9. The molecule has 0 aromatic heterocycles. The van der Waals surface area contributed by atoms with Crippen molar-refractivity contribution < 1.29 is 66.4 Å². The molecule has 10 atom stereocenters. The highest BCUT2D eigenvalue weighted by atomic mass is 16.8. The maximum atomic E-state index is 14.4. The molecule has 466 valence electrons. The van der Waals surface area contributed by atoms with E-state index in [0.717, 1.165) is 58.2 Å². The minimum Gasteiger partial charge on any atom is -0.454 e. The van der Waals surface area contributed by atoms with Crippen LogP contribution in [0.2, 0.25) is 0 Å². The highest BCUT2D eigenvalue weighted by molar-refractivity contribution is 5.75. The number of ether oxygens (including phenoxy) is 12. The predicted octanol–water partition coefficient (Wildman–Crippen LogP) is 13.1. The van der Waals surface area contributed by atoms with Crippen LogP contribution in [0.1, 0.15) is 85.4 Å². The molecule has 0 unspecified atom stereocenters. The van der Waals surface area contributed by atoms with Gasteiger partial charge in [0.25, 0.3) is 0 Å². The zero-order chi connectivity index (χ0) is 61.0. The summed E-state index contributed by atoms with van der Waals surface area (Å²) in [6, 6.07) is 69.1. The number of carbonyl (C=O) groups excluding carboxylic acids is 2. The molecule has 0 saturated carbocycles. The molecule has 0 bridgehead atoms. The summed E-state index contributed by atoms with van der Waals surface area (Å²) >= 11 is 0. The van der Waals surface area contributed by atoms with Gasteiger partial charge in [-0.3, -0.25) is 4.79 Å². The monoisotopic (exact) mass is 1200 g/mol. The fraction of sp³-hybridized carbons (Fsp3) is 0.397. The van der Waals surface area contributed by atoms with E-state index in [4.69, 9.17) is 56.8 Å². The topological polar surface area (TPSA) is 157 Å². The van der Waals surface area contributed by atoms with E-state index in [1.54, 1.807) is 20.8 Å². The Morgan fingerprint density at radius 3 is 1.19 bits per heavy atom. The second kappa shape index (κ2) is 35.2. The van der Waals surface area contributed by atoms with E-state index < -0.39 is 78.9 Å². The van der Waals surface area contributed by atoms with E-state index in [1.807, 2.05) is 212 Å². The molecule has 2 heterocycles. The van der Waals surface area contributed by atoms with Crippen molar-refractivity contribution in [2.75, 3.05) is 26.4 Å². The number of esters is 1. The molecule has 15 heteroatoms. The molecule has 7 aromatic rings. The number of hydrogen-bond donors (Lipinski definition) is 1. The van der Waals surface area contributed by atoms with Crippen LogP contribution in [0.4, 0.5) is 4.79 Å². The third-order valence-corrected chi connectivity index (χ3v) is 15.1. The number of carbonyl (C=O) groups is 2. The van der Waals surface area contributed by atoms with Crippen molar-refractivity contribution in [1.29, 1.82) is 0 Å². The van der Waals surface area contributed by atoms with Gasteiger partial charge in [-0.05, 0) is 72.6 Å². The summed E-state index contributed by atoms with van der Waals surface area (Å²) in [7, 11) is 0. The Kier molecular flexibility index (Phi) is 26.1. The Labute approximate surface area is 518 Å². The van der Waals surface area contributed by atoms with Crippen LogP contribution in [-0.4, -0.2) is 99.8 Å². The lowest BCUT2D eigenvalue weighted by molar-refractivity contribution is -0.375. The van der Waals surface area contributed by atoms with Gasteiger partial charge in [-0.2, -0.15) is 0 Å². The van der Waals surface area contributed by atoms with Gasteiger partial charge in [-0.1, -0.05) is 225 Å². The van der Waals surface area contributed by atoms with Gasteiger partial charge in [0.15, 0.2) is 18.7 Å². The number of rotatable bonds is 33. The smallest absolute Gasteiger partial charge is 0.407 e. The predicted molar refractivity (Wildman–Crippen MR) is 333 cm³/mol. The highest BCUT2D eigenvalue weighted by Crippen LogP contribution is 2.38. The Morgan fingerprint density at radius 1 is 0.386 bits per heavy atom. The standard InChI is InChI=1S/C73H85NO14/c1-73(2,3)71(75)88-68-66(82-49-58-37-21-10-22-38-58)64(62(53-78-46-55-31-15-7-16-32-55)85-69(68)79-44-28-5-4-27-43-74-72(76)84-51-60-41-25-12-26-42-60)87-70-67(83-50-59-39-23-11-24-40-59)65(81-48-57-35-19-9-20-36-57)63(80-47-56-33-17-8-18-34-56)61(86-70)52-77-45-54-29-13-6-14-30-54/h6-26,29-42,61-70H,4-5,27-28,43-53H2,1-3H3,(H,74,76)/t61-,62-,63+,64-,65+,66+,67-,68+,69+,70+/m1/s1. The minimum atomic E-state index is -1.21. The molecule has 2 aliphatic rings. The Bertz CT molecular complexity index is 3040. The molecule has 2 saturated heterocycles. The van der Waals surface area contributed by atoms with Crippen LogP contribution in [-0.2, 0) is 108 Å². The number of nitrogens with one attached hydrogen (secondary N) is 1. The summed E-state index contributed by atoms with van der Waals surface area (Å²) in [6.45, 7) is 7.71. The van der Waals surface area contributed by atoms with E-state index in [2.05, 4.69) is 5.32 Å². The van der Waals surface area contributed by atoms with E-state index >= 15 is 0 Å². The van der Waals surface area contributed by atoms with Crippen LogP contribution in [0.25, 0.3) is 0 Å². The second-order valence-corrected chi connectivity index (χ2v) is 23.1. The SMILES string of the molecule is CC(C)(C)C(=O)O[C@@H]1[C@@H](OCCCCCCNC(=O)OCc2ccccc2)O[C@H](COCc2ccccc2)[C@@H](O[C@@H]2O[C@H](COCc3ccccc3)[C@H](OCc3ccccc3)[C@H](OCc3ccccc3)[C@H]2OCc2ccccc2)[C@@H]1OCc1ccccc1. The van der Waals surface area contributed by atoms with Gasteiger partial charge in [0.05, 0.1) is 58.3 Å². The Hall–Kier alpha value is -7.12.